The van der Waals surface area contributed by atoms with Crippen molar-refractivity contribution < 1.29 is 9.90 Å². The van der Waals surface area contributed by atoms with E-state index in [1.165, 1.54) is 12.7 Å². The van der Waals surface area contributed by atoms with E-state index in [9.17, 15) is 9.90 Å². The highest BCUT2D eigenvalue weighted by molar-refractivity contribution is 5.81. The Bertz CT molecular complexity index is 508. The fourth-order valence-electron chi connectivity index (χ4n) is 1.40. The minimum atomic E-state index is -0.0763. The molecule has 0 bridgehead atoms. The minimum absolute atomic E-state index is 0.0763. The summed E-state index contributed by atoms with van der Waals surface area (Å²) >= 11 is 0. The monoisotopic (exact) mass is 218 g/mol. The van der Waals surface area contributed by atoms with Gasteiger partial charge in [-0.25, -0.2) is 9.67 Å². The fourth-order valence-corrected chi connectivity index (χ4v) is 1.40. The lowest BCUT2D eigenvalue weighted by atomic mass is 10.1. The third kappa shape index (κ3) is 1.77. The van der Waals surface area contributed by atoms with Crippen molar-refractivity contribution in [2.45, 2.75) is 13.5 Å². The normalized spacial score (nSPS) is 10.3. The van der Waals surface area contributed by atoms with Crippen LogP contribution >= 0.6 is 0 Å². The van der Waals surface area contributed by atoms with Crippen LogP contribution in [0, 0.1) is 6.92 Å². The van der Waals surface area contributed by atoms with E-state index in [-0.39, 0.29) is 11.3 Å². The van der Waals surface area contributed by atoms with Gasteiger partial charge in [-0.15, -0.1) is 0 Å². The van der Waals surface area contributed by atoms with Crippen molar-refractivity contribution in [3.63, 3.8) is 0 Å². The number of pyridine rings is 1. The van der Waals surface area contributed by atoms with Crippen LogP contribution in [0.3, 0.4) is 0 Å². The second-order valence-electron chi connectivity index (χ2n) is 3.34. The molecule has 2 aromatic heterocycles. The average Bonchev–Trinajstić information content (AvgIpc) is 2.77. The molecule has 0 saturated heterocycles. The van der Waals surface area contributed by atoms with E-state index in [2.05, 4.69) is 15.1 Å². The predicted octanol–water partition coefficient (Wildman–Crippen LogP) is 0.548. The van der Waals surface area contributed by atoms with Crippen molar-refractivity contribution in [2.75, 3.05) is 0 Å². The Labute approximate surface area is 91.6 Å². The number of aldehydes is 1. The topological polar surface area (TPSA) is 80.9 Å². The van der Waals surface area contributed by atoms with Gasteiger partial charge in [-0.05, 0) is 6.92 Å². The molecule has 2 aromatic rings. The highest BCUT2D eigenvalue weighted by Crippen LogP contribution is 2.22. The minimum Gasteiger partial charge on any atom is -0.505 e. The number of nitrogens with zero attached hydrogens (tertiary/aromatic N) is 4. The predicted molar refractivity (Wildman–Crippen MR) is 55.2 cm³/mol. The van der Waals surface area contributed by atoms with Crippen molar-refractivity contribution in [3.05, 3.63) is 35.7 Å². The van der Waals surface area contributed by atoms with Crippen LogP contribution in [0.2, 0.25) is 0 Å². The molecule has 0 saturated carbocycles. The summed E-state index contributed by atoms with van der Waals surface area (Å²) < 4.78 is 1.55. The van der Waals surface area contributed by atoms with Gasteiger partial charge in [0.05, 0.1) is 17.8 Å². The third-order valence-corrected chi connectivity index (χ3v) is 2.27. The molecular formula is C10H10N4O2. The second kappa shape index (κ2) is 4.09. The van der Waals surface area contributed by atoms with Crippen molar-refractivity contribution in [2.24, 2.45) is 0 Å². The second-order valence-corrected chi connectivity index (χ2v) is 3.34. The molecular weight excluding hydrogens is 208 g/mol. The molecule has 0 spiro atoms. The SMILES string of the molecule is Cc1ncc(Cn2cncn2)c(C=O)c1O. The van der Waals surface area contributed by atoms with Crippen LogP contribution in [0.1, 0.15) is 21.6 Å². The summed E-state index contributed by atoms with van der Waals surface area (Å²) in [7, 11) is 0. The first-order chi connectivity index (χ1) is 7.72. The van der Waals surface area contributed by atoms with E-state index in [4.69, 9.17) is 0 Å². The number of carbonyl (C=O) groups excluding carboxylic acids is 1. The highest BCUT2D eigenvalue weighted by atomic mass is 16.3. The molecule has 0 unspecified atom stereocenters. The number of aromatic nitrogens is 4. The van der Waals surface area contributed by atoms with Gasteiger partial charge in [-0.3, -0.25) is 9.78 Å². The van der Waals surface area contributed by atoms with Crippen LogP contribution in [0.25, 0.3) is 0 Å². The van der Waals surface area contributed by atoms with Crippen molar-refractivity contribution in [1.82, 2.24) is 19.7 Å². The van der Waals surface area contributed by atoms with Gasteiger partial charge < -0.3 is 5.11 Å². The van der Waals surface area contributed by atoms with Gasteiger partial charge in [0.1, 0.15) is 18.4 Å². The van der Waals surface area contributed by atoms with Gasteiger partial charge in [-0.2, -0.15) is 5.10 Å². The van der Waals surface area contributed by atoms with Crippen molar-refractivity contribution in [1.29, 1.82) is 0 Å². The molecule has 0 aliphatic rings. The zero-order chi connectivity index (χ0) is 11.5. The molecule has 16 heavy (non-hydrogen) atoms. The van der Waals surface area contributed by atoms with Gasteiger partial charge in [0.15, 0.2) is 6.29 Å². The Morgan fingerprint density at radius 2 is 2.38 bits per heavy atom. The first-order valence-corrected chi connectivity index (χ1v) is 4.67. The quantitative estimate of drug-likeness (QED) is 0.761. The lowest BCUT2D eigenvalue weighted by Crippen LogP contribution is -2.05. The van der Waals surface area contributed by atoms with Crippen LogP contribution < -0.4 is 0 Å². The molecule has 0 aliphatic heterocycles. The number of rotatable bonds is 3. The van der Waals surface area contributed by atoms with E-state index in [1.807, 2.05) is 0 Å². The Balaban J connectivity index is 2.41. The summed E-state index contributed by atoms with van der Waals surface area (Å²) in [6, 6.07) is 0. The number of hydrogen-bond donors (Lipinski definition) is 1. The largest absolute Gasteiger partial charge is 0.505 e. The van der Waals surface area contributed by atoms with E-state index in [1.54, 1.807) is 17.8 Å². The molecule has 1 N–H and O–H groups in total. The Morgan fingerprint density at radius 3 is 3.00 bits per heavy atom. The smallest absolute Gasteiger partial charge is 0.154 e. The lowest BCUT2D eigenvalue weighted by molar-refractivity contribution is 0.111. The van der Waals surface area contributed by atoms with E-state index in [0.29, 0.717) is 24.1 Å². The molecule has 2 heterocycles. The van der Waals surface area contributed by atoms with Crippen molar-refractivity contribution >= 4 is 6.29 Å². The van der Waals surface area contributed by atoms with Crippen LogP contribution in [0.5, 0.6) is 5.75 Å². The molecule has 0 aromatic carbocycles. The fraction of sp³-hybridized carbons (Fsp3) is 0.200. The zero-order valence-electron chi connectivity index (χ0n) is 8.66. The van der Waals surface area contributed by atoms with Gasteiger partial charge in [0.2, 0.25) is 0 Å². The number of aromatic hydroxyl groups is 1. The number of aryl methyl sites for hydroxylation is 1. The summed E-state index contributed by atoms with van der Waals surface area (Å²) in [6.07, 6.45) is 5.12. The van der Waals surface area contributed by atoms with Crippen LogP contribution in [-0.4, -0.2) is 31.1 Å². The van der Waals surface area contributed by atoms with Crippen molar-refractivity contribution in [3.8, 4) is 5.75 Å². The molecule has 82 valence electrons. The lowest BCUT2D eigenvalue weighted by Gasteiger charge is -2.07. The molecule has 6 heteroatoms. The Hall–Kier alpha value is -2.24. The first-order valence-electron chi connectivity index (χ1n) is 4.67. The average molecular weight is 218 g/mol. The molecule has 0 amide bonds. The molecule has 0 aliphatic carbocycles. The zero-order valence-corrected chi connectivity index (χ0v) is 8.66. The van der Waals surface area contributed by atoms with Gasteiger partial charge in [0.25, 0.3) is 0 Å². The first kappa shape index (κ1) is 10.3. The molecule has 2 rings (SSSR count). The third-order valence-electron chi connectivity index (χ3n) is 2.27. The summed E-state index contributed by atoms with van der Waals surface area (Å²) in [6.45, 7) is 2.00. The van der Waals surface area contributed by atoms with E-state index >= 15 is 0 Å². The molecule has 0 atom stereocenters. The maximum absolute atomic E-state index is 10.9. The molecule has 0 fully saturated rings. The summed E-state index contributed by atoms with van der Waals surface area (Å²) in [5, 5.41) is 13.6. The number of carbonyl (C=O) groups is 1. The van der Waals surface area contributed by atoms with Crippen LogP contribution in [-0.2, 0) is 6.54 Å². The highest BCUT2D eigenvalue weighted by Gasteiger charge is 2.11. The summed E-state index contributed by atoms with van der Waals surface area (Å²) in [5.41, 5.74) is 1.30. The maximum atomic E-state index is 10.9. The molecule has 0 radical (unpaired) electrons. The number of hydrogen-bond acceptors (Lipinski definition) is 5. The van der Waals surface area contributed by atoms with E-state index in [0.717, 1.165) is 0 Å². The Morgan fingerprint density at radius 1 is 1.56 bits per heavy atom. The van der Waals surface area contributed by atoms with E-state index < -0.39 is 0 Å². The van der Waals surface area contributed by atoms with Crippen LogP contribution in [0.4, 0.5) is 0 Å². The summed E-state index contributed by atoms with van der Waals surface area (Å²) in [5.74, 6) is -0.0763. The summed E-state index contributed by atoms with van der Waals surface area (Å²) in [4.78, 5) is 18.7. The van der Waals surface area contributed by atoms with Gasteiger partial charge in [-0.1, -0.05) is 0 Å². The standard InChI is InChI=1S/C10H10N4O2/c1-7-10(16)9(4-15)8(2-12-7)3-14-6-11-5-13-14/h2,4-6,16H,3H2,1H3. The van der Waals surface area contributed by atoms with Gasteiger partial charge in [0, 0.05) is 11.8 Å². The van der Waals surface area contributed by atoms with Gasteiger partial charge >= 0.3 is 0 Å². The Kier molecular flexibility index (Phi) is 2.63. The molecule has 6 nitrogen and oxygen atoms in total. The maximum Gasteiger partial charge on any atom is 0.154 e. The van der Waals surface area contributed by atoms with Crippen LogP contribution in [0.15, 0.2) is 18.9 Å².